The fourth-order valence-corrected chi connectivity index (χ4v) is 2.14. The molecule has 17 heavy (non-hydrogen) atoms. The highest BCUT2D eigenvalue weighted by molar-refractivity contribution is 5.54. The van der Waals surface area contributed by atoms with E-state index in [9.17, 15) is 5.11 Å². The molecule has 1 aliphatic carbocycles. The van der Waals surface area contributed by atoms with Gasteiger partial charge in [-0.05, 0) is 29.9 Å². The lowest BCUT2D eigenvalue weighted by Crippen LogP contribution is -2.21. The van der Waals surface area contributed by atoms with E-state index in [2.05, 4.69) is 50.4 Å². The highest BCUT2D eigenvalue weighted by Crippen LogP contribution is 2.45. The van der Waals surface area contributed by atoms with Crippen molar-refractivity contribution in [1.29, 1.82) is 0 Å². The van der Waals surface area contributed by atoms with E-state index in [0.717, 1.165) is 19.4 Å². The predicted octanol–water partition coefficient (Wildman–Crippen LogP) is 3.17. The summed E-state index contributed by atoms with van der Waals surface area (Å²) in [5.74, 6) is 0. The molecule has 0 spiro atoms. The maximum absolute atomic E-state index is 9.32. The number of hydrogen-bond acceptors (Lipinski definition) is 2. The lowest BCUT2D eigenvalue weighted by atomic mass is 9.85. The molecule has 0 atom stereocenters. The molecule has 2 nitrogen and oxygen atoms in total. The number of aliphatic hydroxyl groups is 1. The SMILES string of the molecule is CC(C)(C)c1ccccc1NCC1(CO)CC1. The molecule has 94 valence electrons. The maximum Gasteiger partial charge on any atom is 0.0504 e. The van der Waals surface area contributed by atoms with Gasteiger partial charge in [-0.15, -0.1) is 0 Å². The Hall–Kier alpha value is -1.02. The van der Waals surface area contributed by atoms with Crippen LogP contribution in [0.5, 0.6) is 0 Å². The highest BCUT2D eigenvalue weighted by atomic mass is 16.3. The minimum Gasteiger partial charge on any atom is -0.396 e. The molecule has 0 bridgehead atoms. The van der Waals surface area contributed by atoms with Gasteiger partial charge in [0.15, 0.2) is 0 Å². The van der Waals surface area contributed by atoms with Gasteiger partial charge in [-0.2, -0.15) is 0 Å². The van der Waals surface area contributed by atoms with Crippen molar-refractivity contribution in [2.75, 3.05) is 18.5 Å². The predicted molar refractivity (Wildman–Crippen MR) is 72.4 cm³/mol. The summed E-state index contributed by atoms with van der Waals surface area (Å²) in [6, 6.07) is 8.47. The molecule has 0 amide bonds. The van der Waals surface area contributed by atoms with Crippen molar-refractivity contribution in [2.24, 2.45) is 5.41 Å². The van der Waals surface area contributed by atoms with Crippen molar-refractivity contribution in [2.45, 2.75) is 39.0 Å². The molecule has 0 heterocycles. The summed E-state index contributed by atoms with van der Waals surface area (Å²) in [7, 11) is 0. The van der Waals surface area contributed by atoms with E-state index in [1.165, 1.54) is 11.3 Å². The average Bonchev–Trinajstić information content (AvgIpc) is 3.06. The van der Waals surface area contributed by atoms with Crippen LogP contribution < -0.4 is 5.32 Å². The number of aliphatic hydroxyl groups excluding tert-OH is 1. The van der Waals surface area contributed by atoms with Crippen LogP contribution in [0.25, 0.3) is 0 Å². The number of para-hydroxylation sites is 1. The largest absolute Gasteiger partial charge is 0.396 e. The van der Waals surface area contributed by atoms with Gasteiger partial charge >= 0.3 is 0 Å². The summed E-state index contributed by atoms with van der Waals surface area (Å²) in [6.07, 6.45) is 2.29. The lowest BCUT2D eigenvalue weighted by molar-refractivity contribution is 0.219. The third-order valence-electron chi connectivity index (χ3n) is 3.68. The Morgan fingerprint density at radius 2 is 1.88 bits per heavy atom. The topological polar surface area (TPSA) is 32.3 Å². The molecule has 1 aromatic carbocycles. The van der Waals surface area contributed by atoms with E-state index in [1.807, 2.05) is 0 Å². The zero-order valence-corrected chi connectivity index (χ0v) is 11.1. The molecule has 2 N–H and O–H groups in total. The molecule has 0 radical (unpaired) electrons. The fraction of sp³-hybridized carbons (Fsp3) is 0.600. The Kier molecular flexibility index (Phi) is 3.17. The summed E-state index contributed by atoms with van der Waals surface area (Å²) in [4.78, 5) is 0. The van der Waals surface area contributed by atoms with Crippen LogP contribution in [0.15, 0.2) is 24.3 Å². The molecule has 2 heteroatoms. The van der Waals surface area contributed by atoms with Crippen molar-refractivity contribution in [1.82, 2.24) is 0 Å². The van der Waals surface area contributed by atoms with Gasteiger partial charge in [-0.1, -0.05) is 39.0 Å². The molecule has 1 saturated carbocycles. The first-order valence-corrected chi connectivity index (χ1v) is 6.41. The average molecular weight is 233 g/mol. The summed E-state index contributed by atoms with van der Waals surface area (Å²) in [5, 5.41) is 12.8. The Bertz CT molecular complexity index is 388. The minimum absolute atomic E-state index is 0.152. The first kappa shape index (κ1) is 12.4. The van der Waals surface area contributed by atoms with Crippen LogP contribution in [0, 0.1) is 5.41 Å². The highest BCUT2D eigenvalue weighted by Gasteiger charge is 2.41. The van der Waals surface area contributed by atoms with Crippen LogP contribution in [0.1, 0.15) is 39.2 Å². The fourth-order valence-electron chi connectivity index (χ4n) is 2.14. The number of rotatable bonds is 4. The molecule has 0 saturated heterocycles. The molecule has 1 aromatic rings. The van der Waals surface area contributed by atoms with Crippen LogP contribution in [-0.4, -0.2) is 18.3 Å². The smallest absolute Gasteiger partial charge is 0.0504 e. The third kappa shape index (κ3) is 2.81. The van der Waals surface area contributed by atoms with Crippen molar-refractivity contribution in [3.63, 3.8) is 0 Å². The van der Waals surface area contributed by atoms with Crippen LogP contribution in [-0.2, 0) is 5.41 Å². The van der Waals surface area contributed by atoms with Gasteiger partial charge in [0.2, 0.25) is 0 Å². The Labute approximate surface area is 104 Å². The minimum atomic E-state index is 0.152. The van der Waals surface area contributed by atoms with Gasteiger partial charge in [-0.25, -0.2) is 0 Å². The number of hydrogen-bond donors (Lipinski definition) is 2. The van der Waals surface area contributed by atoms with E-state index < -0.39 is 0 Å². The van der Waals surface area contributed by atoms with E-state index in [4.69, 9.17) is 0 Å². The normalized spacial score (nSPS) is 17.9. The van der Waals surface area contributed by atoms with E-state index in [1.54, 1.807) is 0 Å². The Balaban J connectivity index is 2.10. The number of anilines is 1. The molecule has 0 aromatic heterocycles. The second-order valence-corrected chi connectivity index (χ2v) is 6.31. The van der Waals surface area contributed by atoms with Crippen LogP contribution in [0.4, 0.5) is 5.69 Å². The van der Waals surface area contributed by atoms with Gasteiger partial charge in [0.25, 0.3) is 0 Å². The summed E-state index contributed by atoms with van der Waals surface area (Å²) < 4.78 is 0. The molecule has 2 rings (SSSR count). The third-order valence-corrected chi connectivity index (χ3v) is 3.68. The Morgan fingerprint density at radius 1 is 1.24 bits per heavy atom. The molecule has 1 aliphatic rings. The van der Waals surface area contributed by atoms with Crippen molar-refractivity contribution >= 4 is 5.69 Å². The van der Waals surface area contributed by atoms with E-state index in [0.29, 0.717) is 6.61 Å². The maximum atomic E-state index is 9.32. The van der Waals surface area contributed by atoms with Crippen molar-refractivity contribution in [3.05, 3.63) is 29.8 Å². The van der Waals surface area contributed by atoms with Gasteiger partial charge < -0.3 is 10.4 Å². The molecule has 0 unspecified atom stereocenters. The zero-order chi connectivity index (χ0) is 12.5. The second kappa shape index (κ2) is 4.34. The molecule has 0 aliphatic heterocycles. The number of nitrogens with one attached hydrogen (secondary N) is 1. The molecular weight excluding hydrogens is 210 g/mol. The van der Waals surface area contributed by atoms with Crippen molar-refractivity contribution in [3.8, 4) is 0 Å². The summed E-state index contributed by atoms with van der Waals surface area (Å²) in [5.41, 5.74) is 2.86. The van der Waals surface area contributed by atoms with Crippen LogP contribution >= 0.6 is 0 Å². The standard InChI is InChI=1S/C15H23NO/c1-14(2,3)12-6-4-5-7-13(12)16-10-15(11-17)8-9-15/h4-7,16-17H,8-11H2,1-3H3. The van der Waals surface area contributed by atoms with Crippen molar-refractivity contribution < 1.29 is 5.11 Å². The second-order valence-electron chi connectivity index (χ2n) is 6.31. The van der Waals surface area contributed by atoms with Gasteiger partial charge in [0, 0.05) is 17.6 Å². The van der Waals surface area contributed by atoms with Crippen LogP contribution in [0.2, 0.25) is 0 Å². The Morgan fingerprint density at radius 3 is 2.41 bits per heavy atom. The quantitative estimate of drug-likeness (QED) is 0.837. The molecule has 1 fully saturated rings. The lowest BCUT2D eigenvalue weighted by Gasteiger charge is -2.24. The van der Waals surface area contributed by atoms with Gasteiger partial charge in [-0.3, -0.25) is 0 Å². The monoisotopic (exact) mass is 233 g/mol. The first-order chi connectivity index (χ1) is 7.97. The number of benzene rings is 1. The van der Waals surface area contributed by atoms with Crippen LogP contribution in [0.3, 0.4) is 0 Å². The van der Waals surface area contributed by atoms with Gasteiger partial charge in [0.1, 0.15) is 0 Å². The first-order valence-electron chi connectivity index (χ1n) is 6.41. The zero-order valence-electron chi connectivity index (χ0n) is 11.1. The summed E-state index contributed by atoms with van der Waals surface area (Å²) >= 11 is 0. The van der Waals surface area contributed by atoms with Gasteiger partial charge in [0.05, 0.1) is 6.61 Å². The van der Waals surface area contributed by atoms with E-state index in [-0.39, 0.29) is 10.8 Å². The molecular formula is C15H23NO. The van der Waals surface area contributed by atoms with E-state index >= 15 is 0 Å². The summed E-state index contributed by atoms with van der Waals surface area (Å²) in [6.45, 7) is 7.87.